The van der Waals surface area contributed by atoms with E-state index in [0.717, 1.165) is 17.3 Å². The Morgan fingerprint density at radius 2 is 1.79 bits per heavy atom. The molecule has 0 aliphatic rings. The van der Waals surface area contributed by atoms with Gasteiger partial charge in [0, 0.05) is 19.0 Å². The maximum atomic E-state index is 11.6. The van der Waals surface area contributed by atoms with Crippen LogP contribution < -0.4 is 0 Å². The number of rotatable bonds is 2. The molecule has 0 saturated heterocycles. The third-order valence-corrected chi connectivity index (χ3v) is 3.22. The molecule has 0 heterocycles. The first-order chi connectivity index (χ1) is 8.95. The quantitative estimate of drug-likeness (QED) is 0.615. The summed E-state index contributed by atoms with van der Waals surface area (Å²) in [5, 5.41) is -0.126. The van der Waals surface area contributed by atoms with Gasteiger partial charge in [-0.2, -0.15) is 0 Å². The Balaban J connectivity index is 0.00000154. The van der Waals surface area contributed by atoms with Crippen molar-refractivity contribution in [1.29, 1.82) is 0 Å². The zero-order chi connectivity index (χ0) is 15.0. The largest absolute Gasteiger partial charge is 0.465 e. The number of thioether (sulfide) groups is 1. The molecule has 1 aromatic rings. The normalized spacial score (nSPS) is 9.16. The van der Waals surface area contributed by atoms with Gasteiger partial charge >= 0.3 is 5.97 Å². The number of amides is 1. The molecule has 0 aromatic heterocycles. The van der Waals surface area contributed by atoms with Crippen LogP contribution in [0, 0.1) is 6.92 Å². The van der Waals surface area contributed by atoms with Crippen molar-refractivity contribution in [3.63, 3.8) is 0 Å². The SMILES string of the molecule is CC.COC(=O)c1cc(C)ccc1SC(=O)N(C)C. The van der Waals surface area contributed by atoms with Gasteiger partial charge in [-0.05, 0) is 30.8 Å². The van der Waals surface area contributed by atoms with Gasteiger partial charge in [0.25, 0.3) is 5.24 Å². The van der Waals surface area contributed by atoms with Crippen molar-refractivity contribution >= 4 is 23.0 Å². The van der Waals surface area contributed by atoms with E-state index >= 15 is 0 Å². The number of methoxy groups -OCH3 is 1. The Labute approximate surface area is 119 Å². The Hall–Kier alpha value is -1.49. The summed E-state index contributed by atoms with van der Waals surface area (Å²) in [5.41, 5.74) is 1.37. The van der Waals surface area contributed by atoms with Crippen molar-refractivity contribution in [3.8, 4) is 0 Å². The van der Waals surface area contributed by atoms with Gasteiger partial charge in [0.2, 0.25) is 0 Å². The monoisotopic (exact) mass is 283 g/mol. The second-order valence-corrected chi connectivity index (χ2v) is 4.75. The van der Waals surface area contributed by atoms with Crippen LogP contribution in [0.2, 0.25) is 0 Å². The summed E-state index contributed by atoms with van der Waals surface area (Å²) >= 11 is 1.02. The molecule has 0 aliphatic carbocycles. The minimum Gasteiger partial charge on any atom is -0.465 e. The van der Waals surface area contributed by atoms with Crippen LogP contribution in [0.1, 0.15) is 29.8 Å². The number of ether oxygens (including phenoxy) is 1. The summed E-state index contributed by atoms with van der Waals surface area (Å²) in [6, 6.07) is 5.34. The highest BCUT2D eigenvalue weighted by molar-refractivity contribution is 8.13. The van der Waals surface area contributed by atoms with Crippen LogP contribution in [0.15, 0.2) is 23.1 Å². The molecule has 0 bridgehead atoms. The van der Waals surface area contributed by atoms with Crippen LogP contribution in [0.3, 0.4) is 0 Å². The number of aryl methyl sites for hydroxylation is 1. The number of hydrogen-bond acceptors (Lipinski definition) is 4. The van der Waals surface area contributed by atoms with E-state index in [2.05, 4.69) is 0 Å². The van der Waals surface area contributed by atoms with Crippen molar-refractivity contribution in [2.45, 2.75) is 25.7 Å². The number of hydrogen-bond donors (Lipinski definition) is 0. The molecule has 0 N–H and O–H groups in total. The molecule has 1 rings (SSSR count). The molecule has 5 heteroatoms. The molecule has 0 radical (unpaired) electrons. The predicted molar refractivity (Wildman–Crippen MR) is 78.8 cm³/mol. The van der Waals surface area contributed by atoms with Gasteiger partial charge in [-0.25, -0.2) is 4.79 Å². The second kappa shape index (κ2) is 8.58. The summed E-state index contributed by atoms with van der Waals surface area (Å²) in [5.74, 6) is -0.428. The van der Waals surface area contributed by atoms with E-state index in [-0.39, 0.29) is 5.24 Å². The molecular weight excluding hydrogens is 262 g/mol. The molecule has 0 spiro atoms. The molecule has 0 fully saturated rings. The number of carbonyl (C=O) groups is 2. The summed E-state index contributed by atoms with van der Waals surface area (Å²) in [4.78, 5) is 25.3. The van der Waals surface area contributed by atoms with Crippen molar-refractivity contribution in [2.24, 2.45) is 0 Å². The zero-order valence-corrected chi connectivity index (χ0v) is 13.1. The molecule has 0 aliphatic heterocycles. The lowest BCUT2D eigenvalue weighted by molar-refractivity contribution is 0.0596. The third-order valence-electron chi connectivity index (χ3n) is 2.10. The van der Waals surface area contributed by atoms with E-state index in [0.29, 0.717) is 10.5 Å². The summed E-state index contributed by atoms with van der Waals surface area (Å²) in [6.45, 7) is 5.88. The van der Waals surface area contributed by atoms with Crippen molar-refractivity contribution < 1.29 is 14.3 Å². The first-order valence-corrected chi connectivity index (χ1v) is 6.85. The molecular formula is C14H21NO3S. The number of carbonyl (C=O) groups excluding carboxylic acids is 2. The first-order valence-electron chi connectivity index (χ1n) is 6.03. The number of benzene rings is 1. The molecule has 0 saturated carbocycles. The highest BCUT2D eigenvalue weighted by Gasteiger charge is 2.16. The lowest BCUT2D eigenvalue weighted by Crippen LogP contribution is -2.16. The average Bonchev–Trinajstić information content (AvgIpc) is 2.41. The van der Waals surface area contributed by atoms with Crippen LogP contribution in [-0.4, -0.2) is 37.3 Å². The Kier molecular flexibility index (Phi) is 7.91. The molecule has 1 amide bonds. The topological polar surface area (TPSA) is 46.6 Å². The molecule has 1 aromatic carbocycles. The smallest absolute Gasteiger partial charge is 0.339 e. The lowest BCUT2D eigenvalue weighted by Gasteiger charge is -2.11. The molecule has 0 unspecified atom stereocenters. The van der Waals surface area contributed by atoms with Crippen molar-refractivity contribution in [2.75, 3.05) is 21.2 Å². The van der Waals surface area contributed by atoms with E-state index in [1.807, 2.05) is 26.8 Å². The minimum atomic E-state index is -0.428. The molecule has 106 valence electrons. The summed E-state index contributed by atoms with van der Waals surface area (Å²) in [7, 11) is 4.66. The predicted octanol–water partition coefficient (Wildman–Crippen LogP) is 3.58. The van der Waals surface area contributed by atoms with Gasteiger partial charge in [-0.3, -0.25) is 4.79 Å². The van der Waals surface area contributed by atoms with Crippen LogP contribution in [0.25, 0.3) is 0 Å². The van der Waals surface area contributed by atoms with Gasteiger partial charge in [0.05, 0.1) is 12.7 Å². The minimum absolute atomic E-state index is 0.126. The van der Waals surface area contributed by atoms with Gasteiger partial charge < -0.3 is 9.64 Å². The third kappa shape index (κ3) is 5.34. The van der Waals surface area contributed by atoms with E-state index in [1.165, 1.54) is 12.0 Å². The fourth-order valence-electron chi connectivity index (χ4n) is 1.19. The Morgan fingerprint density at radius 1 is 1.21 bits per heavy atom. The van der Waals surface area contributed by atoms with Crippen molar-refractivity contribution in [3.05, 3.63) is 29.3 Å². The first kappa shape index (κ1) is 17.5. The fraction of sp³-hybridized carbons (Fsp3) is 0.429. The van der Waals surface area contributed by atoms with Crippen LogP contribution in [0.5, 0.6) is 0 Å². The summed E-state index contributed by atoms with van der Waals surface area (Å²) < 4.78 is 4.70. The fourth-order valence-corrected chi connectivity index (χ4v) is 1.95. The summed E-state index contributed by atoms with van der Waals surface area (Å²) in [6.07, 6.45) is 0. The lowest BCUT2D eigenvalue weighted by atomic mass is 10.1. The van der Waals surface area contributed by atoms with E-state index in [4.69, 9.17) is 4.74 Å². The number of esters is 1. The van der Waals surface area contributed by atoms with E-state index in [1.54, 1.807) is 26.2 Å². The highest BCUT2D eigenvalue weighted by Crippen LogP contribution is 2.26. The molecule has 0 atom stereocenters. The van der Waals surface area contributed by atoms with Gasteiger partial charge in [-0.1, -0.05) is 25.5 Å². The van der Waals surface area contributed by atoms with Crippen LogP contribution in [-0.2, 0) is 4.74 Å². The van der Waals surface area contributed by atoms with Gasteiger partial charge in [-0.15, -0.1) is 0 Å². The number of nitrogens with zero attached hydrogens (tertiary/aromatic N) is 1. The van der Waals surface area contributed by atoms with E-state index in [9.17, 15) is 9.59 Å². The van der Waals surface area contributed by atoms with Gasteiger partial charge in [0.1, 0.15) is 0 Å². The molecule has 19 heavy (non-hydrogen) atoms. The maximum absolute atomic E-state index is 11.6. The Morgan fingerprint density at radius 3 is 2.26 bits per heavy atom. The standard InChI is InChI=1S/C12H15NO3S.C2H6/c1-8-5-6-10(17-12(15)13(2)3)9(7-8)11(14)16-4;1-2/h5-7H,1-4H3;1-2H3. The van der Waals surface area contributed by atoms with Crippen molar-refractivity contribution in [1.82, 2.24) is 4.90 Å². The van der Waals surface area contributed by atoms with Gasteiger partial charge in [0.15, 0.2) is 0 Å². The Bertz CT molecular complexity index is 444. The second-order valence-electron chi connectivity index (χ2n) is 3.75. The average molecular weight is 283 g/mol. The zero-order valence-electron chi connectivity index (χ0n) is 12.3. The molecule has 4 nitrogen and oxygen atoms in total. The van der Waals surface area contributed by atoms with Crippen LogP contribution in [0.4, 0.5) is 4.79 Å². The highest BCUT2D eigenvalue weighted by atomic mass is 32.2. The van der Waals surface area contributed by atoms with Crippen LogP contribution >= 0.6 is 11.8 Å². The maximum Gasteiger partial charge on any atom is 0.339 e. The van der Waals surface area contributed by atoms with E-state index < -0.39 is 5.97 Å².